The van der Waals surface area contributed by atoms with Gasteiger partial charge >= 0.3 is 5.97 Å². The van der Waals surface area contributed by atoms with Gasteiger partial charge in [0.2, 0.25) is 0 Å². The lowest BCUT2D eigenvalue weighted by Crippen LogP contribution is -2.47. The number of hydrogen-bond donors (Lipinski definition) is 1. The lowest BCUT2D eigenvalue weighted by atomic mass is 9.82. The van der Waals surface area contributed by atoms with Gasteiger partial charge < -0.3 is 5.11 Å². The summed E-state index contributed by atoms with van der Waals surface area (Å²) in [5, 5.41) is 15.9. The predicted octanol–water partition coefficient (Wildman–Crippen LogP) is 12.5. The second kappa shape index (κ2) is 16.7. The van der Waals surface area contributed by atoms with Crippen LogP contribution < -0.4 is 4.90 Å². The molecule has 8 nitrogen and oxygen atoms in total. The Hall–Kier alpha value is -5.63. The Bertz CT molecular complexity index is 2450. The van der Waals surface area contributed by atoms with E-state index in [9.17, 15) is 29.1 Å². The van der Waals surface area contributed by atoms with Gasteiger partial charge in [-0.2, -0.15) is 0 Å². The molecule has 8 rings (SSSR count). The molecule has 0 aliphatic carbocycles. The van der Waals surface area contributed by atoms with Crippen molar-refractivity contribution in [2.45, 2.75) is 123 Å². The summed E-state index contributed by atoms with van der Waals surface area (Å²) >= 11 is 0. The van der Waals surface area contributed by atoms with Crippen molar-refractivity contribution in [1.82, 2.24) is 4.90 Å². The third-order valence-electron chi connectivity index (χ3n) is 12.7. The number of carbonyl (C=O) groups is 5. The molecule has 4 amide bonds. The first-order chi connectivity index (χ1) is 28.3. The van der Waals surface area contributed by atoms with Gasteiger partial charge in [0, 0.05) is 39.1 Å². The second-order valence-corrected chi connectivity index (χ2v) is 16.4. The zero-order valence-corrected chi connectivity index (χ0v) is 33.7. The summed E-state index contributed by atoms with van der Waals surface area (Å²) in [5.41, 5.74) is 1.55. The van der Waals surface area contributed by atoms with E-state index in [-0.39, 0.29) is 29.1 Å². The fourth-order valence-corrected chi connectivity index (χ4v) is 9.76. The van der Waals surface area contributed by atoms with Crippen LogP contribution in [0.15, 0.2) is 72.8 Å². The van der Waals surface area contributed by atoms with Crippen molar-refractivity contribution in [3.05, 3.63) is 101 Å². The molecule has 0 saturated heterocycles. The molecule has 298 valence electrons. The van der Waals surface area contributed by atoms with Crippen LogP contribution in [0.25, 0.3) is 43.1 Å². The van der Waals surface area contributed by atoms with Crippen molar-refractivity contribution >= 4 is 78.4 Å². The van der Waals surface area contributed by atoms with Crippen molar-refractivity contribution in [2.75, 3.05) is 4.90 Å². The molecule has 0 radical (unpaired) electrons. The zero-order chi connectivity index (χ0) is 40.5. The minimum absolute atomic E-state index is 0.0177. The molecule has 2 aliphatic heterocycles. The molecule has 58 heavy (non-hydrogen) atoms. The fraction of sp³-hybridized carbons (Fsp3) is 0.380. The highest BCUT2D eigenvalue weighted by Crippen LogP contribution is 2.47. The lowest BCUT2D eigenvalue weighted by Gasteiger charge is -2.35. The van der Waals surface area contributed by atoms with Crippen LogP contribution in [0.2, 0.25) is 0 Å². The number of unbranched alkanes of at least 4 members (excludes halogenated alkanes) is 12. The van der Waals surface area contributed by atoms with E-state index in [1.54, 1.807) is 29.2 Å². The predicted molar refractivity (Wildman–Crippen MR) is 232 cm³/mol. The monoisotopic (exact) mass is 776 g/mol. The number of para-hydroxylation sites is 1. The van der Waals surface area contributed by atoms with Crippen molar-refractivity contribution in [2.24, 2.45) is 0 Å². The fourth-order valence-electron chi connectivity index (χ4n) is 9.76. The minimum Gasteiger partial charge on any atom is -0.478 e. The Labute approximate surface area is 339 Å². The summed E-state index contributed by atoms with van der Waals surface area (Å²) in [6.07, 6.45) is 18.1. The Kier molecular flexibility index (Phi) is 11.3. The number of anilines is 1. The molecule has 8 heteroatoms. The van der Waals surface area contributed by atoms with E-state index in [4.69, 9.17) is 0 Å². The van der Waals surface area contributed by atoms with Gasteiger partial charge in [0.1, 0.15) is 0 Å². The molecular formula is C50H52N2O6. The van der Waals surface area contributed by atoms with Crippen LogP contribution in [0.1, 0.15) is 168 Å². The SMILES string of the molecule is CCCCCCCCCC(CCCCCCCCC)N1C(=O)c2ccc3c4ccc5c6c(ccc(c7ccc(c2c37)C1=O)c64)C(=O)N(c1ccccc1C(=O)O)C5=O. The van der Waals surface area contributed by atoms with E-state index in [1.807, 2.05) is 36.4 Å². The number of fused-ring (bicyclic) bond motifs is 2. The smallest absolute Gasteiger partial charge is 0.337 e. The van der Waals surface area contributed by atoms with Crippen LogP contribution in [0.4, 0.5) is 5.69 Å². The number of aromatic carboxylic acids is 1. The molecule has 0 bridgehead atoms. The van der Waals surface area contributed by atoms with Gasteiger partial charge in [0.15, 0.2) is 0 Å². The van der Waals surface area contributed by atoms with Crippen molar-refractivity contribution in [1.29, 1.82) is 0 Å². The zero-order valence-electron chi connectivity index (χ0n) is 33.7. The van der Waals surface area contributed by atoms with E-state index in [0.29, 0.717) is 33.0 Å². The maximum absolute atomic E-state index is 14.6. The molecule has 0 aromatic heterocycles. The first kappa shape index (κ1) is 39.2. The molecule has 0 saturated carbocycles. The molecule has 0 spiro atoms. The van der Waals surface area contributed by atoms with Gasteiger partial charge in [0.05, 0.1) is 11.3 Å². The standard InChI is InChI=1S/C50H52N2O6/c1-3-5-7-9-11-13-15-19-31(20-16-14-12-10-8-6-4-2)51-46(53)37-27-23-32-34-25-29-39-45-40(49(56)52(48(39)55)41-22-18-17-21-36(41)50(57)58)30-26-35(43(34)45)33-24-28-38(47(51)54)44(37)42(32)33/h17-18,21-31H,3-16,19-20H2,1-2H3,(H,57,58). The number of imide groups is 2. The van der Waals surface area contributed by atoms with E-state index >= 15 is 0 Å². The molecule has 0 fully saturated rings. The van der Waals surface area contributed by atoms with E-state index in [2.05, 4.69) is 13.8 Å². The number of carboxylic acids is 1. The molecule has 6 aromatic carbocycles. The number of hydrogen-bond acceptors (Lipinski definition) is 5. The molecule has 2 aliphatic rings. The summed E-state index contributed by atoms with van der Waals surface area (Å²) < 4.78 is 0. The Morgan fingerprint density at radius 1 is 0.483 bits per heavy atom. The highest BCUT2D eigenvalue weighted by Gasteiger charge is 2.40. The molecule has 0 atom stereocenters. The molecule has 6 aromatic rings. The Balaban J connectivity index is 1.16. The van der Waals surface area contributed by atoms with E-state index in [1.165, 1.54) is 76.3 Å². The lowest BCUT2D eigenvalue weighted by molar-refractivity contribution is 0.0515. The van der Waals surface area contributed by atoms with Crippen molar-refractivity contribution in [3.8, 4) is 0 Å². The molecular weight excluding hydrogens is 725 g/mol. The number of carbonyl (C=O) groups excluding carboxylic acids is 4. The van der Waals surface area contributed by atoms with Crippen LogP contribution in [0.5, 0.6) is 0 Å². The van der Waals surface area contributed by atoms with Crippen LogP contribution in [-0.2, 0) is 0 Å². The van der Waals surface area contributed by atoms with Gasteiger partial charge in [-0.05, 0) is 81.6 Å². The maximum atomic E-state index is 14.6. The summed E-state index contributed by atoms with van der Waals surface area (Å²) in [5.74, 6) is -2.88. The van der Waals surface area contributed by atoms with Gasteiger partial charge in [-0.1, -0.05) is 140 Å². The van der Waals surface area contributed by atoms with Crippen molar-refractivity contribution < 1.29 is 29.1 Å². The average Bonchev–Trinajstić information content (AvgIpc) is 3.23. The molecule has 2 heterocycles. The highest BCUT2D eigenvalue weighted by atomic mass is 16.4. The van der Waals surface area contributed by atoms with Crippen molar-refractivity contribution in [3.63, 3.8) is 0 Å². The molecule has 1 N–H and O–H groups in total. The van der Waals surface area contributed by atoms with Gasteiger partial charge in [-0.15, -0.1) is 0 Å². The quantitative estimate of drug-likeness (QED) is 0.0379. The summed E-state index contributed by atoms with van der Waals surface area (Å²) in [6.45, 7) is 4.46. The van der Waals surface area contributed by atoms with Crippen LogP contribution in [0, 0.1) is 0 Å². The average molecular weight is 777 g/mol. The Morgan fingerprint density at radius 3 is 1.28 bits per heavy atom. The van der Waals surface area contributed by atoms with Gasteiger partial charge in [-0.3, -0.25) is 24.1 Å². The topological polar surface area (TPSA) is 112 Å². The second-order valence-electron chi connectivity index (χ2n) is 16.4. The summed E-state index contributed by atoms with van der Waals surface area (Å²) in [6, 6.07) is 20.6. The van der Waals surface area contributed by atoms with Gasteiger partial charge in [-0.25, -0.2) is 9.69 Å². The van der Waals surface area contributed by atoms with Crippen LogP contribution in [0.3, 0.4) is 0 Å². The van der Waals surface area contributed by atoms with Crippen LogP contribution in [-0.4, -0.2) is 45.6 Å². The van der Waals surface area contributed by atoms with Crippen LogP contribution >= 0.6 is 0 Å². The first-order valence-corrected chi connectivity index (χ1v) is 21.6. The summed E-state index contributed by atoms with van der Waals surface area (Å²) in [7, 11) is 0. The third kappa shape index (κ3) is 6.70. The summed E-state index contributed by atoms with van der Waals surface area (Å²) in [4.78, 5) is 72.2. The third-order valence-corrected chi connectivity index (χ3v) is 12.7. The maximum Gasteiger partial charge on any atom is 0.337 e. The number of rotatable bonds is 19. The number of nitrogens with zero attached hydrogens (tertiary/aromatic N) is 2. The van der Waals surface area contributed by atoms with Gasteiger partial charge in [0.25, 0.3) is 23.6 Å². The molecule has 0 unspecified atom stereocenters. The Morgan fingerprint density at radius 2 is 0.862 bits per heavy atom. The number of amides is 4. The largest absolute Gasteiger partial charge is 0.478 e. The minimum atomic E-state index is -1.24. The van der Waals surface area contributed by atoms with E-state index in [0.717, 1.165) is 75.7 Å². The first-order valence-electron chi connectivity index (χ1n) is 21.6. The van der Waals surface area contributed by atoms with E-state index < -0.39 is 17.8 Å². The number of carboxylic acid groups (broad SMARTS) is 1. The highest BCUT2D eigenvalue weighted by molar-refractivity contribution is 6.44. The normalized spacial score (nSPS) is 14.1. The number of benzene rings is 6.